The average Bonchev–Trinajstić information content (AvgIpc) is 2.48. The highest BCUT2D eigenvalue weighted by molar-refractivity contribution is 5.94. The Kier molecular flexibility index (Phi) is 7.06. The number of carbonyl (C=O) groups is 1. The van der Waals surface area contributed by atoms with E-state index in [0.29, 0.717) is 5.69 Å². The zero-order valence-corrected chi connectivity index (χ0v) is 14.3. The first-order valence-electron chi connectivity index (χ1n) is 7.43. The van der Waals surface area contributed by atoms with Crippen molar-refractivity contribution in [2.75, 3.05) is 43.4 Å². The van der Waals surface area contributed by atoms with Crippen LogP contribution in [0.15, 0.2) is 18.3 Å². The number of rotatable bonds is 4. The first-order valence-corrected chi connectivity index (χ1v) is 7.43. The average molecular weight is 328 g/mol. The fourth-order valence-electron chi connectivity index (χ4n) is 2.21. The van der Waals surface area contributed by atoms with Gasteiger partial charge >= 0.3 is 0 Å². The van der Waals surface area contributed by atoms with E-state index in [2.05, 4.69) is 27.1 Å². The second kappa shape index (κ2) is 8.31. The normalized spacial score (nSPS) is 17.0. The Morgan fingerprint density at radius 1 is 1.27 bits per heavy atom. The molecule has 1 amide bonds. The summed E-state index contributed by atoms with van der Waals surface area (Å²) in [7, 11) is 2.13. The van der Waals surface area contributed by atoms with Gasteiger partial charge in [0.15, 0.2) is 0 Å². The number of aromatic nitrogens is 1. The molecule has 2 heterocycles. The van der Waals surface area contributed by atoms with E-state index in [4.69, 9.17) is 5.73 Å². The third kappa shape index (κ3) is 4.83. The molecule has 1 aromatic heterocycles. The molecule has 1 saturated heterocycles. The van der Waals surface area contributed by atoms with Crippen LogP contribution in [0.2, 0.25) is 0 Å². The van der Waals surface area contributed by atoms with Gasteiger partial charge in [-0.25, -0.2) is 4.98 Å². The lowest BCUT2D eigenvalue weighted by Gasteiger charge is -2.33. The lowest BCUT2D eigenvalue weighted by molar-refractivity contribution is -0.118. The van der Waals surface area contributed by atoms with Gasteiger partial charge in [0.1, 0.15) is 5.82 Å². The van der Waals surface area contributed by atoms with Crippen LogP contribution < -0.4 is 16.0 Å². The van der Waals surface area contributed by atoms with Crippen LogP contribution in [0.25, 0.3) is 0 Å². The number of pyridine rings is 1. The maximum absolute atomic E-state index is 11.9. The third-order valence-corrected chi connectivity index (χ3v) is 3.86. The van der Waals surface area contributed by atoms with Gasteiger partial charge < -0.3 is 20.9 Å². The van der Waals surface area contributed by atoms with Crippen LogP contribution in [0.5, 0.6) is 0 Å². The molecular formula is C15H26ClN5O. The standard InChI is InChI=1S/C15H25N5O.ClH/c1-11(2)14(16)15(21)18-12-4-5-13(17-10-12)20-8-6-19(3)7-9-20;/h4-5,10-11,14H,6-9,16H2,1-3H3,(H,18,21);1H/t14-;/m0./s1. The van der Waals surface area contributed by atoms with Crippen molar-refractivity contribution < 1.29 is 4.79 Å². The van der Waals surface area contributed by atoms with Crippen molar-refractivity contribution >= 4 is 29.8 Å². The summed E-state index contributed by atoms with van der Waals surface area (Å²) in [6, 6.07) is 3.33. The van der Waals surface area contributed by atoms with Gasteiger partial charge in [0.05, 0.1) is 17.9 Å². The molecule has 0 saturated carbocycles. The topological polar surface area (TPSA) is 74.5 Å². The highest BCUT2D eigenvalue weighted by Crippen LogP contribution is 2.16. The first-order chi connectivity index (χ1) is 9.97. The summed E-state index contributed by atoms with van der Waals surface area (Å²) in [5, 5.41) is 2.81. The minimum absolute atomic E-state index is 0. The molecule has 3 N–H and O–H groups in total. The fraction of sp³-hybridized carbons (Fsp3) is 0.600. The Bertz CT molecular complexity index is 471. The summed E-state index contributed by atoms with van der Waals surface area (Å²) in [5.41, 5.74) is 6.51. The number of nitrogens with one attached hydrogen (secondary N) is 1. The van der Waals surface area contributed by atoms with Crippen molar-refractivity contribution in [1.82, 2.24) is 9.88 Å². The number of hydrogen-bond acceptors (Lipinski definition) is 5. The van der Waals surface area contributed by atoms with Crippen molar-refractivity contribution in [3.05, 3.63) is 18.3 Å². The minimum atomic E-state index is -0.498. The lowest BCUT2D eigenvalue weighted by atomic mass is 10.1. The number of carbonyl (C=O) groups excluding carboxylic acids is 1. The van der Waals surface area contributed by atoms with Crippen LogP contribution in [-0.2, 0) is 4.79 Å². The van der Waals surface area contributed by atoms with Crippen LogP contribution in [-0.4, -0.2) is 55.1 Å². The quantitative estimate of drug-likeness (QED) is 0.868. The minimum Gasteiger partial charge on any atom is -0.354 e. The predicted molar refractivity (Wildman–Crippen MR) is 92.6 cm³/mol. The number of hydrogen-bond donors (Lipinski definition) is 2. The van der Waals surface area contributed by atoms with Crippen LogP contribution in [0.3, 0.4) is 0 Å². The molecule has 2 rings (SSSR count). The molecule has 7 heteroatoms. The van der Waals surface area contributed by atoms with E-state index >= 15 is 0 Å². The number of anilines is 2. The van der Waals surface area contributed by atoms with E-state index in [-0.39, 0.29) is 24.2 Å². The van der Waals surface area contributed by atoms with Gasteiger partial charge in [0.25, 0.3) is 0 Å². The van der Waals surface area contributed by atoms with E-state index in [1.165, 1.54) is 0 Å². The highest BCUT2D eigenvalue weighted by atomic mass is 35.5. The molecule has 1 aromatic rings. The summed E-state index contributed by atoms with van der Waals surface area (Å²) in [5.74, 6) is 0.899. The van der Waals surface area contributed by atoms with E-state index in [9.17, 15) is 4.79 Å². The van der Waals surface area contributed by atoms with Crippen LogP contribution in [0, 0.1) is 5.92 Å². The van der Waals surface area contributed by atoms with Crippen molar-refractivity contribution in [1.29, 1.82) is 0 Å². The Hall–Kier alpha value is -1.37. The second-order valence-corrected chi connectivity index (χ2v) is 5.95. The number of likely N-dealkylation sites (N-methyl/N-ethyl adjacent to an activating group) is 1. The van der Waals surface area contributed by atoms with Crippen molar-refractivity contribution in [2.45, 2.75) is 19.9 Å². The third-order valence-electron chi connectivity index (χ3n) is 3.86. The Morgan fingerprint density at radius 2 is 1.91 bits per heavy atom. The Balaban J connectivity index is 0.00000242. The number of amides is 1. The maximum Gasteiger partial charge on any atom is 0.241 e. The number of nitrogens with zero attached hydrogens (tertiary/aromatic N) is 3. The lowest BCUT2D eigenvalue weighted by Crippen LogP contribution is -2.44. The van der Waals surface area contributed by atoms with Crippen LogP contribution in [0.1, 0.15) is 13.8 Å². The molecule has 1 aliphatic heterocycles. The summed E-state index contributed by atoms with van der Waals surface area (Å²) in [4.78, 5) is 20.9. The molecule has 0 spiro atoms. The molecule has 22 heavy (non-hydrogen) atoms. The van der Waals surface area contributed by atoms with Gasteiger partial charge in [-0.2, -0.15) is 0 Å². The smallest absolute Gasteiger partial charge is 0.241 e. The summed E-state index contributed by atoms with van der Waals surface area (Å²) >= 11 is 0. The van der Waals surface area contributed by atoms with Gasteiger partial charge in [-0.1, -0.05) is 13.8 Å². The number of halogens is 1. The molecule has 124 valence electrons. The molecule has 1 atom stereocenters. The molecular weight excluding hydrogens is 302 g/mol. The molecule has 0 aliphatic carbocycles. The van der Waals surface area contributed by atoms with E-state index in [1.807, 2.05) is 26.0 Å². The molecule has 0 unspecified atom stereocenters. The summed E-state index contributed by atoms with van der Waals surface area (Å²) in [6.45, 7) is 7.91. The first kappa shape index (κ1) is 18.7. The van der Waals surface area contributed by atoms with Gasteiger partial charge in [0.2, 0.25) is 5.91 Å². The Labute approximate surface area is 138 Å². The van der Waals surface area contributed by atoms with E-state index in [0.717, 1.165) is 32.0 Å². The van der Waals surface area contributed by atoms with Crippen molar-refractivity contribution in [3.8, 4) is 0 Å². The van der Waals surface area contributed by atoms with Crippen molar-refractivity contribution in [2.24, 2.45) is 11.7 Å². The van der Waals surface area contributed by atoms with Crippen molar-refractivity contribution in [3.63, 3.8) is 0 Å². The molecule has 0 aromatic carbocycles. The van der Waals surface area contributed by atoms with E-state index in [1.54, 1.807) is 6.20 Å². The Morgan fingerprint density at radius 3 is 2.41 bits per heavy atom. The fourth-order valence-corrected chi connectivity index (χ4v) is 2.21. The van der Waals surface area contributed by atoms with Gasteiger partial charge in [-0.15, -0.1) is 12.4 Å². The zero-order chi connectivity index (χ0) is 15.4. The number of piperazine rings is 1. The molecule has 1 fully saturated rings. The molecule has 0 radical (unpaired) electrons. The molecule has 0 bridgehead atoms. The second-order valence-electron chi connectivity index (χ2n) is 5.95. The summed E-state index contributed by atoms with van der Waals surface area (Å²) in [6.07, 6.45) is 1.69. The highest BCUT2D eigenvalue weighted by Gasteiger charge is 2.18. The van der Waals surface area contributed by atoms with Crippen LogP contribution >= 0.6 is 12.4 Å². The number of nitrogens with two attached hydrogens (primary N) is 1. The largest absolute Gasteiger partial charge is 0.354 e. The van der Waals surface area contributed by atoms with E-state index < -0.39 is 6.04 Å². The predicted octanol–water partition coefficient (Wildman–Crippen LogP) is 1.18. The molecule has 1 aliphatic rings. The zero-order valence-electron chi connectivity index (χ0n) is 13.5. The maximum atomic E-state index is 11.9. The van der Waals surface area contributed by atoms with Crippen LogP contribution in [0.4, 0.5) is 11.5 Å². The monoisotopic (exact) mass is 327 g/mol. The molecule has 6 nitrogen and oxygen atoms in total. The van der Waals surface area contributed by atoms with Gasteiger partial charge in [0, 0.05) is 26.2 Å². The van der Waals surface area contributed by atoms with Gasteiger partial charge in [-0.05, 0) is 25.1 Å². The SMILES string of the molecule is CC(C)[C@H](N)C(=O)Nc1ccc(N2CCN(C)CC2)nc1.Cl. The summed E-state index contributed by atoms with van der Waals surface area (Å²) < 4.78 is 0. The van der Waals surface area contributed by atoms with Gasteiger partial charge in [-0.3, -0.25) is 4.79 Å².